The number of aliphatic hydroxyl groups is 2. The van der Waals surface area contributed by atoms with E-state index in [-0.39, 0.29) is 117 Å². The molecular formula is C99H137ClN14O11S3. The fourth-order valence-electron chi connectivity index (χ4n) is 19.3. The molecule has 0 saturated carbocycles. The van der Waals surface area contributed by atoms with Gasteiger partial charge in [0.1, 0.15) is 16.1 Å². The van der Waals surface area contributed by atoms with E-state index in [0.717, 1.165) is 153 Å². The maximum Gasteiger partial charge on any atom is 0.322 e. The third kappa shape index (κ3) is 23.1. The summed E-state index contributed by atoms with van der Waals surface area (Å²) in [4.78, 5) is 142. The summed E-state index contributed by atoms with van der Waals surface area (Å²) < 4.78 is 0. The number of aryl methyl sites for hydroxylation is 1. The Morgan fingerprint density at radius 2 is 1.05 bits per heavy atom. The number of likely N-dealkylation sites (tertiary alicyclic amines) is 3. The maximum atomic E-state index is 14.1. The van der Waals surface area contributed by atoms with E-state index in [0.29, 0.717) is 113 Å². The number of aliphatic hydroxyl groups excluding tert-OH is 1. The molecule has 16 rings (SSSR count). The monoisotopic (exact) mass is 1830 g/mol. The SMILES string of the molecule is CC(=O)Nc1ccc(C)cc1C1(O)CCN(C(=O)CC2SC(c3ccccc3)N(CCC(C)C)C2=O)CC1.CC(C)CN1C(=O)C(CC(=O)N2CCC(N3Cc4ccccc4NC3=O)CC2)SC1c1ccccc1N1CCC(O)CC1.CN1CCN(c2cccc(Cl)c2C2SC(CC(=O)N3CCC(N4CCc5ccccc5NC4=O)CC3)C(=O)N2CCC(C)(C)C)CC1.[HH].[HH].[HH]. The number of para-hydroxylation sites is 3. The van der Waals surface area contributed by atoms with Gasteiger partial charge < -0.3 is 80.1 Å². The van der Waals surface area contributed by atoms with Gasteiger partial charge in [0.15, 0.2) is 0 Å². The second-order valence-electron chi connectivity index (χ2n) is 38.2. The van der Waals surface area contributed by atoms with Gasteiger partial charge in [0.25, 0.3) is 0 Å². The molecule has 8 saturated heterocycles. The van der Waals surface area contributed by atoms with Crippen LogP contribution in [0.3, 0.4) is 0 Å². The normalized spacial score (nSPS) is 22.7. The van der Waals surface area contributed by atoms with Crippen LogP contribution < -0.4 is 25.8 Å². The number of nitrogens with one attached hydrogen (secondary N) is 3. The van der Waals surface area contributed by atoms with Crippen LogP contribution in [0, 0.1) is 24.2 Å². The summed E-state index contributed by atoms with van der Waals surface area (Å²) in [6.45, 7) is 30.2. The van der Waals surface area contributed by atoms with Crippen LogP contribution in [-0.2, 0) is 52.1 Å². The zero-order valence-corrected chi connectivity index (χ0v) is 79.3. The van der Waals surface area contributed by atoms with Crippen molar-refractivity contribution in [1.29, 1.82) is 0 Å². The largest absolute Gasteiger partial charge is 0.393 e. The third-order valence-electron chi connectivity index (χ3n) is 26.8. The van der Waals surface area contributed by atoms with Gasteiger partial charge >= 0.3 is 12.1 Å². The van der Waals surface area contributed by atoms with Gasteiger partial charge in [-0.2, -0.15) is 0 Å². The number of halogens is 1. The van der Waals surface area contributed by atoms with Crippen LogP contribution in [0.1, 0.15) is 198 Å². The number of fused-ring (bicyclic) bond motifs is 2. The number of piperazine rings is 1. The average Bonchev–Trinajstić information content (AvgIpc) is 1.56. The van der Waals surface area contributed by atoms with Crippen LogP contribution in [0.25, 0.3) is 0 Å². The summed E-state index contributed by atoms with van der Waals surface area (Å²) in [6.07, 6.45) is 7.99. The fourth-order valence-corrected chi connectivity index (χ4v) is 24.1. The van der Waals surface area contributed by atoms with Gasteiger partial charge in [-0.15, -0.1) is 35.3 Å². The Kier molecular flexibility index (Phi) is 31.5. The summed E-state index contributed by atoms with van der Waals surface area (Å²) in [7, 11) is 2.14. The number of amides is 11. The first-order valence-corrected chi connectivity index (χ1v) is 49.5. The molecule has 0 aromatic heterocycles. The topological polar surface area (TPSA) is 266 Å². The van der Waals surface area contributed by atoms with Gasteiger partial charge in [0.2, 0.25) is 41.4 Å². The molecule has 6 atom stereocenters. The summed E-state index contributed by atoms with van der Waals surface area (Å²) >= 11 is 11.7. The predicted molar refractivity (Wildman–Crippen MR) is 519 cm³/mol. The smallest absolute Gasteiger partial charge is 0.322 e. The molecule has 0 bridgehead atoms. The van der Waals surface area contributed by atoms with Gasteiger partial charge in [0.05, 0.1) is 27.5 Å². The summed E-state index contributed by atoms with van der Waals surface area (Å²) in [5, 5.41) is 29.4. The van der Waals surface area contributed by atoms with Crippen LogP contribution >= 0.6 is 46.9 Å². The molecule has 11 amide bonds. The van der Waals surface area contributed by atoms with Gasteiger partial charge in [-0.05, 0) is 155 Å². The lowest BCUT2D eigenvalue weighted by Gasteiger charge is -2.40. The van der Waals surface area contributed by atoms with Gasteiger partial charge in [-0.25, -0.2) is 9.59 Å². The lowest BCUT2D eigenvalue weighted by atomic mass is 9.82. The van der Waals surface area contributed by atoms with E-state index in [2.05, 4.69) is 110 Å². The number of carbonyl (C=O) groups excluding carboxylic acids is 9. The second-order valence-corrected chi connectivity index (χ2v) is 42.5. The van der Waals surface area contributed by atoms with Gasteiger partial charge in [-0.1, -0.05) is 169 Å². The van der Waals surface area contributed by atoms with Crippen molar-refractivity contribution in [3.8, 4) is 0 Å². The van der Waals surface area contributed by atoms with Crippen molar-refractivity contribution < 1.29 is 57.6 Å². The Morgan fingerprint density at radius 3 is 1.65 bits per heavy atom. The first-order chi connectivity index (χ1) is 61.3. The Bertz CT molecular complexity index is 4950. The predicted octanol–water partition coefficient (Wildman–Crippen LogP) is 16.2. The molecule has 6 aromatic carbocycles. The Hall–Kier alpha value is -9.03. The first-order valence-electron chi connectivity index (χ1n) is 46.3. The molecular weight excluding hydrogens is 1690 g/mol. The van der Waals surface area contributed by atoms with Crippen molar-refractivity contribution in [2.24, 2.45) is 17.3 Å². The standard InChI is InChI=1S/C36H49ClN6O3S.C33H43N5O4S.C30H39N3O4S.3H2/c1-36(2,3)15-19-43-33(45)30(47-34(43)32-27(37)9-7-11-29(32)40-22-20-39(4)21-23-40)24-31(44)41-16-13-26(14-17-41)42-18-12-25-8-5-6-10-28(25)38-35(42)46;1-22(2)20-38-31(41)29(43-32(38)26-8-4-6-10-28(26)35-17-13-25(39)14-18-35)19-30(40)36-15-11-24(12-16-36)37-21-23-7-3-5-9-27(23)34-33(37)42;1-20(2)12-15-33-28(36)26(38-29(33)23-8-6-5-7-9-23)19-27(35)32-16-13-30(37,14-17-32)24-18-21(3)10-11-25(24)31-22(4)34;;;/h5-11,26,30,34H,12-24H2,1-4H3,(H,38,46);3-10,22,24-25,29,32,39H,11-21H2,1-2H3,(H,34,42);5-11,18,20,26,29,37H,12-17,19H2,1-4H3,(H,31,34);3*1H. The van der Waals surface area contributed by atoms with Gasteiger partial charge in [-0.3, -0.25) is 33.6 Å². The van der Waals surface area contributed by atoms with Crippen LogP contribution in [0.2, 0.25) is 5.02 Å². The number of piperidine rings is 4. The number of hydrogen-bond donors (Lipinski definition) is 5. The van der Waals surface area contributed by atoms with Crippen molar-refractivity contribution >= 4 is 129 Å². The molecule has 10 heterocycles. The highest BCUT2D eigenvalue weighted by Crippen LogP contribution is 2.53. The van der Waals surface area contributed by atoms with Crippen LogP contribution in [0.4, 0.5) is 38.0 Å². The number of thioether (sulfide) groups is 3. The van der Waals surface area contributed by atoms with Gasteiger partial charge in [0, 0.05) is 204 Å². The number of benzene rings is 6. The van der Waals surface area contributed by atoms with Crippen molar-refractivity contribution in [3.05, 3.63) is 183 Å². The molecule has 10 aliphatic heterocycles. The number of likely N-dealkylation sites (N-methyl/N-ethyl adjacent to an activating group) is 1. The van der Waals surface area contributed by atoms with Crippen molar-refractivity contribution in [2.75, 3.05) is 138 Å². The highest BCUT2D eigenvalue weighted by atomic mass is 35.5. The van der Waals surface area contributed by atoms with Crippen molar-refractivity contribution in [2.45, 2.75) is 214 Å². The number of carbonyl (C=O) groups is 9. The van der Waals surface area contributed by atoms with Crippen LogP contribution in [0.15, 0.2) is 140 Å². The number of anilines is 5. The van der Waals surface area contributed by atoms with Crippen molar-refractivity contribution in [1.82, 2.24) is 44.1 Å². The average molecular weight is 1830 g/mol. The minimum absolute atomic E-state index is 0. The lowest BCUT2D eigenvalue weighted by molar-refractivity contribution is -0.139. The van der Waals surface area contributed by atoms with E-state index in [1.54, 1.807) is 40.2 Å². The van der Waals surface area contributed by atoms with Crippen LogP contribution in [0.5, 0.6) is 0 Å². The summed E-state index contributed by atoms with van der Waals surface area (Å²) in [5.74, 6) is 0.664. The van der Waals surface area contributed by atoms with E-state index in [4.69, 9.17) is 11.6 Å². The molecule has 10 aliphatic rings. The number of rotatable bonds is 22. The van der Waals surface area contributed by atoms with E-state index in [9.17, 15) is 53.4 Å². The highest BCUT2D eigenvalue weighted by Gasteiger charge is 2.49. The number of hydrogen-bond acceptors (Lipinski definition) is 17. The molecule has 29 heteroatoms. The zero-order valence-electron chi connectivity index (χ0n) is 76.1. The number of nitrogens with zero attached hydrogens (tertiary/aromatic N) is 11. The maximum absolute atomic E-state index is 14.1. The molecule has 8 fully saturated rings. The minimum atomic E-state index is -1.13. The zero-order chi connectivity index (χ0) is 90.8. The Balaban J connectivity index is 0.000000189. The van der Waals surface area contributed by atoms with E-state index in [1.807, 2.05) is 156 Å². The fraction of sp³-hybridized carbons (Fsp3) is 0.545. The molecule has 694 valence electrons. The van der Waals surface area contributed by atoms with E-state index >= 15 is 0 Å². The molecule has 0 spiro atoms. The summed E-state index contributed by atoms with van der Waals surface area (Å²) in [5.41, 5.74) is 10.6. The summed E-state index contributed by atoms with van der Waals surface area (Å²) in [6, 6.07) is 45.9. The van der Waals surface area contributed by atoms with E-state index in [1.165, 1.54) is 6.92 Å². The molecule has 6 unspecified atom stereocenters. The Morgan fingerprint density at radius 1 is 0.547 bits per heavy atom. The molecule has 6 aromatic rings. The second kappa shape index (κ2) is 42.5. The highest BCUT2D eigenvalue weighted by molar-refractivity contribution is 8.01. The minimum Gasteiger partial charge on any atom is -0.393 e. The molecule has 128 heavy (non-hydrogen) atoms. The molecule has 5 N–H and O–H groups in total. The molecule has 25 nitrogen and oxygen atoms in total. The Labute approximate surface area is 778 Å². The van der Waals surface area contributed by atoms with E-state index < -0.39 is 21.4 Å². The van der Waals surface area contributed by atoms with Crippen LogP contribution in [-0.4, -0.2) is 253 Å². The first kappa shape index (κ1) is 95.1. The molecule has 0 radical (unpaired) electrons. The van der Waals surface area contributed by atoms with Crippen molar-refractivity contribution in [3.63, 3.8) is 0 Å². The third-order valence-corrected chi connectivity index (χ3v) is 31.5. The quantitative estimate of drug-likeness (QED) is 0.0423. The molecule has 0 aliphatic carbocycles. The number of urea groups is 2. The lowest BCUT2D eigenvalue weighted by Crippen LogP contribution is -2.51.